The summed E-state index contributed by atoms with van der Waals surface area (Å²) in [5, 5.41) is 9.27. The molecular weight excluding hydrogens is 258 g/mol. The Balaban J connectivity index is 2.19. The molecule has 20 heavy (non-hydrogen) atoms. The van der Waals surface area contributed by atoms with Crippen LogP contribution in [-0.4, -0.2) is 32.9 Å². The van der Waals surface area contributed by atoms with Gasteiger partial charge in [-0.25, -0.2) is 4.98 Å². The predicted molar refractivity (Wildman–Crippen MR) is 73.5 cm³/mol. The van der Waals surface area contributed by atoms with Gasteiger partial charge in [0.2, 0.25) is 0 Å². The Morgan fingerprint density at radius 3 is 2.55 bits per heavy atom. The third kappa shape index (κ3) is 2.85. The molecule has 1 heterocycles. The maximum absolute atomic E-state index is 12.2. The molecule has 0 aliphatic rings. The Hall–Kier alpha value is -2.63. The number of aromatic amines is 1. The van der Waals surface area contributed by atoms with E-state index in [0.717, 1.165) is 11.8 Å². The number of nitrogens with zero attached hydrogens (tertiary/aromatic N) is 2. The lowest BCUT2D eigenvalue weighted by Crippen LogP contribution is -2.30. The van der Waals surface area contributed by atoms with Gasteiger partial charge in [-0.3, -0.25) is 9.59 Å². The number of H-pyrrole nitrogens is 1. The van der Waals surface area contributed by atoms with Crippen molar-refractivity contribution in [2.45, 2.75) is 13.0 Å². The fourth-order valence-corrected chi connectivity index (χ4v) is 1.79. The highest BCUT2D eigenvalue weighted by Crippen LogP contribution is 2.22. The van der Waals surface area contributed by atoms with E-state index in [1.54, 1.807) is 31.3 Å². The molecular formula is C14H15N3O3. The lowest BCUT2D eigenvalue weighted by atomic mass is 10.1. The SMILES string of the molecule is CC(c1ccc(O)cc1)N(C)C(=O)c1c[nH]c(=O)cn1. The van der Waals surface area contributed by atoms with Crippen molar-refractivity contribution in [1.82, 2.24) is 14.9 Å². The summed E-state index contributed by atoms with van der Waals surface area (Å²) in [6, 6.07) is 6.47. The molecule has 2 rings (SSSR count). The molecule has 0 saturated carbocycles. The van der Waals surface area contributed by atoms with Crippen LogP contribution < -0.4 is 5.56 Å². The fraction of sp³-hybridized carbons (Fsp3) is 0.214. The van der Waals surface area contributed by atoms with Crippen LogP contribution in [0.15, 0.2) is 41.5 Å². The molecule has 6 heteroatoms. The number of aromatic nitrogens is 2. The molecule has 0 radical (unpaired) electrons. The first-order chi connectivity index (χ1) is 9.49. The molecule has 2 N–H and O–H groups in total. The first-order valence-electron chi connectivity index (χ1n) is 6.10. The summed E-state index contributed by atoms with van der Waals surface area (Å²) < 4.78 is 0. The molecule has 2 aromatic rings. The van der Waals surface area contributed by atoms with Crippen LogP contribution >= 0.6 is 0 Å². The number of nitrogens with one attached hydrogen (secondary N) is 1. The van der Waals surface area contributed by atoms with Gasteiger partial charge in [-0.2, -0.15) is 0 Å². The van der Waals surface area contributed by atoms with Crippen LogP contribution in [0.5, 0.6) is 5.75 Å². The quantitative estimate of drug-likeness (QED) is 0.882. The van der Waals surface area contributed by atoms with E-state index in [4.69, 9.17) is 0 Å². The normalized spacial score (nSPS) is 11.9. The first-order valence-corrected chi connectivity index (χ1v) is 6.10. The van der Waals surface area contributed by atoms with Gasteiger partial charge in [-0.1, -0.05) is 12.1 Å². The zero-order valence-corrected chi connectivity index (χ0v) is 11.2. The molecule has 1 aromatic carbocycles. The van der Waals surface area contributed by atoms with Gasteiger partial charge in [-0.15, -0.1) is 0 Å². The number of aromatic hydroxyl groups is 1. The fourth-order valence-electron chi connectivity index (χ4n) is 1.79. The van der Waals surface area contributed by atoms with E-state index >= 15 is 0 Å². The number of hydrogen-bond acceptors (Lipinski definition) is 4. The minimum atomic E-state index is -0.351. The topological polar surface area (TPSA) is 86.3 Å². The molecule has 1 aromatic heterocycles. The monoisotopic (exact) mass is 273 g/mol. The van der Waals surface area contributed by atoms with Gasteiger partial charge in [0.1, 0.15) is 11.4 Å². The Labute approximate surface area is 115 Å². The van der Waals surface area contributed by atoms with Crippen molar-refractivity contribution in [3.63, 3.8) is 0 Å². The van der Waals surface area contributed by atoms with Crippen LogP contribution in [0.3, 0.4) is 0 Å². The molecule has 6 nitrogen and oxygen atoms in total. The number of amides is 1. The second-order valence-electron chi connectivity index (χ2n) is 4.48. The zero-order valence-electron chi connectivity index (χ0n) is 11.2. The van der Waals surface area contributed by atoms with Gasteiger partial charge >= 0.3 is 0 Å². The molecule has 1 amide bonds. The van der Waals surface area contributed by atoms with Gasteiger partial charge in [0, 0.05) is 13.2 Å². The average molecular weight is 273 g/mol. The van der Waals surface area contributed by atoms with Crippen molar-refractivity contribution in [1.29, 1.82) is 0 Å². The standard InChI is InChI=1S/C14H15N3O3/c1-9(10-3-5-11(18)6-4-10)17(2)14(20)12-7-16-13(19)8-15-12/h3-9,18H,1-2H3,(H,16,19). The van der Waals surface area contributed by atoms with E-state index in [2.05, 4.69) is 9.97 Å². The predicted octanol–water partition coefficient (Wildman–Crippen LogP) is 1.31. The molecule has 0 aliphatic heterocycles. The third-order valence-electron chi connectivity index (χ3n) is 3.17. The highest BCUT2D eigenvalue weighted by atomic mass is 16.3. The number of rotatable bonds is 3. The molecule has 104 valence electrons. The number of hydrogen-bond donors (Lipinski definition) is 2. The molecule has 0 saturated heterocycles. The molecule has 0 aliphatic carbocycles. The second-order valence-corrected chi connectivity index (χ2v) is 4.48. The van der Waals surface area contributed by atoms with Crippen LogP contribution in [-0.2, 0) is 0 Å². The summed E-state index contributed by atoms with van der Waals surface area (Å²) in [5.74, 6) is -0.112. The van der Waals surface area contributed by atoms with Gasteiger partial charge < -0.3 is 15.0 Å². The van der Waals surface area contributed by atoms with Crippen LogP contribution in [0.2, 0.25) is 0 Å². The van der Waals surface area contributed by atoms with Crippen molar-refractivity contribution in [2.24, 2.45) is 0 Å². The minimum Gasteiger partial charge on any atom is -0.508 e. The van der Waals surface area contributed by atoms with Crippen LogP contribution in [0.25, 0.3) is 0 Å². The Bertz CT molecular complexity index is 644. The summed E-state index contributed by atoms with van der Waals surface area (Å²) in [6.07, 6.45) is 2.37. The number of phenols is 1. The maximum atomic E-state index is 12.2. The minimum absolute atomic E-state index is 0.178. The van der Waals surface area contributed by atoms with Crippen molar-refractivity contribution < 1.29 is 9.90 Å². The van der Waals surface area contributed by atoms with Gasteiger partial charge in [0.25, 0.3) is 11.5 Å². The van der Waals surface area contributed by atoms with E-state index in [1.807, 2.05) is 6.92 Å². The number of carbonyl (C=O) groups is 1. The summed E-state index contributed by atoms with van der Waals surface area (Å²) in [4.78, 5) is 30.9. The smallest absolute Gasteiger partial charge is 0.274 e. The molecule has 0 fully saturated rings. The van der Waals surface area contributed by atoms with E-state index < -0.39 is 0 Å². The Morgan fingerprint density at radius 2 is 2.00 bits per heavy atom. The summed E-state index contributed by atoms with van der Waals surface area (Å²) in [6.45, 7) is 1.87. The summed E-state index contributed by atoms with van der Waals surface area (Å²) >= 11 is 0. The van der Waals surface area contributed by atoms with Crippen molar-refractivity contribution in [3.05, 3.63) is 58.3 Å². The summed E-state index contributed by atoms with van der Waals surface area (Å²) in [7, 11) is 1.66. The number of benzene rings is 1. The van der Waals surface area contributed by atoms with Gasteiger partial charge in [0.05, 0.1) is 12.2 Å². The highest BCUT2D eigenvalue weighted by Gasteiger charge is 2.19. The largest absolute Gasteiger partial charge is 0.508 e. The summed E-state index contributed by atoms with van der Waals surface area (Å²) in [5.41, 5.74) is 0.719. The zero-order chi connectivity index (χ0) is 14.7. The van der Waals surface area contributed by atoms with Crippen LogP contribution in [0.4, 0.5) is 0 Å². The molecule has 0 spiro atoms. The van der Waals surface area contributed by atoms with Crippen LogP contribution in [0, 0.1) is 0 Å². The third-order valence-corrected chi connectivity index (χ3v) is 3.17. The van der Waals surface area contributed by atoms with Crippen molar-refractivity contribution in [3.8, 4) is 5.75 Å². The van der Waals surface area contributed by atoms with Gasteiger partial charge in [-0.05, 0) is 24.6 Å². The lowest BCUT2D eigenvalue weighted by Gasteiger charge is -2.25. The molecule has 0 bridgehead atoms. The molecule has 1 atom stereocenters. The Kier molecular flexibility index (Phi) is 3.84. The highest BCUT2D eigenvalue weighted by molar-refractivity contribution is 5.92. The first kappa shape index (κ1) is 13.8. The lowest BCUT2D eigenvalue weighted by molar-refractivity contribution is 0.0736. The Morgan fingerprint density at radius 1 is 1.35 bits per heavy atom. The average Bonchev–Trinajstić information content (AvgIpc) is 2.46. The van der Waals surface area contributed by atoms with E-state index in [1.165, 1.54) is 11.1 Å². The van der Waals surface area contributed by atoms with E-state index in [0.29, 0.717) is 0 Å². The second kappa shape index (κ2) is 5.56. The van der Waals surface area contributed by atoms with Gasteiger partial charge in [0.15, 0.2) is 0 Å². The van der Waals surface area contributed by atoms with E-state index in [-0.39, 0.29) is 29.0 Å². The van der Waals surface area contributed by atoms with Crippen molar-refractivity contribution in [2.75, 3.05) is 7.05 Å². The number of carbonyl (C=O) groups excluding carboxylic acids is 1. The number of phenolic OH excluding ortho intramolecular Hbond substituents is 1. The maximum Gasteiger partial charge on any atom is 0.274 e. The molecule has 1 unspecified atom stereocenters. The van der Waals surface area contributed by atoms with Crippen LogP contribution in [0.1, 0.15) is 29.0 Å². The van der Waals surface area contributed by atoms with Crippen molar-refractivity contribution >= 4 is 5.91 Å². The van der Waals surface area contributed by atoms with E-state index in [9.17, 15) is 14.7 Å².